The quantitative estimate of drug-likeness (QED) is 0.138. The molecule has 4 aromatic rings. The van der Waals surface area contributed by atoms with Gasteiger partial charge in [-0.15, -0.1) is 0 Å². The van der Waals surface area contributed by atoms with Crippen molar-refractivity contribution in [3.05, 3.63) is 82.9 Å². The third kappa shape index (κ3) is 7.78. The lowest BCUT2D eigenvalue weighted by Gasteiger charge is -2.19. The van der Waals surface area contributed by atoms with Gasteiger partial charge in [-0.25, -0.2) is 0 Å². The maximum Gasteiger partial charge on any atom is 0.309 e. The average molecular weight is 743 g/mol. The van der Waals surface area contributed by atoms with Crippen molar-refractivity contribution in [2.75, 3.05) is 55.9 Å². The van der Waals surface area contributed by atoms with Crippen LogP contribution in [-0.4, -0.2) is 78.0 Å². The summed E-state index contributed by atoms with van der Waals surface area (Å²) in [6, 6.07) is 18.8. The van der Waals surface area contributed by atoms with E-state index in [4.69, 9.17) is 37.9 Å². The van der Waals surface area contributed by atoms with Gasteiger partial charge in [0.25, 0.3) is 0 Å². The van der Waals surface area contributed by atoms with Crippen molar-refractivity contribution in [1.29, 1.82) is 0 Å². The van der Waals surface area contributed by atoms with Gasteiger partial charge in [-0.3, -0.25) is 9.59 Å². The standard InChI is InChI=1S/C42H46O12/c1-47-33-15-23(11-27-21-53-41(45)31(27)13-25-17-35(49-3)39(43)36(18-25)50-4)7-9-29(33)30-10-8-24(16-34(30)48-2)12-28-22-54-42(46)32(28)14-26-19-37(51-5)40(44)38(20-26)52-6/h7-10,15-20,27-28,31-32,43-44H,11-14,21-22H2,1-6H3/t27-,28-,31-,32-/m1/s1. The largest absolute Gasteiger partial charge is 0.502 e. The van der Waals surface area contributed by atoms with E-state index in [1.165, 1.54) is 28.4 Å². The summed E-state index contributed by atoms with van der Waals surface area (Å²) in [4.78, 5) is 25.8. The van der Waals surface area contributed by atoms with Crippen LogP contribution in [0.25, 0.3) is 11.1 Å². The molecule has 4 atom stereocenters. The molecule has 2 fully saturated rings. The summed E-state index contributed by atoms with van der Waals surface area (Å²) in [6.07, 6.45) is 1.97. The Morgan fingerprint density at radius 3 is 1.11 bits per heavy atom. The lowest BCUT2D eigenvalue weighted by molar-refractivity contribution is -0.142. The Bertz CT molecular complexity index is 1810. The number of phenolic OH excluding ortho intramolecular Hbond substituents is 2. The maximum absolute atomic E-state index is 12.9. The van der Waals surface area contributed by atoms with Gasteiger partial charge in [0.05, 0.1) is 67.7 Å². The molecular formula is C42H46O12. The smallest absolute Gasteiger partial charge is 0.309 e. The number of cyclic esters (lactones) is 2. The molecule has 12 heteroatoms. The van der Waals surface area contributed by atoms with Crippen LogP contribution >= 0.6 is 0 Å². The molecule has 4 aromatic carbocycles. The van der Waals surface area contributed by atoms with Crippen molar-refractivity contribution in [1.82, 2.24) is 0 Å². The predicted molar refractivity (Wildman–Crippen MR) is 198 cm³/mol. The van der Waals surface area contributed by atoms with Crippen LogP contribution in [0, 0.1) is 23.7 Å². The number of hydrogen-bond donors (Lipinski definition) is 2. The summed E-state index contributed by atoms with van der Waals surface area (Å²) in [6.45, 7) is 0.593. The van der Waals surface area contributed by atoms with E-state index in [1.807, 2.05) is 36.4 Å². The van der Waals surface area contributed by atoms with Gasteiger partial charge in [0, 0.05) is 23.0 Å². The summed E-state index contributed by atoms with van der Waals surface area (Å²) < 4.78 is 44.0. The summed E-state index contributed by atoms with van der Waals surface area (Å²) in [5.41, 5.74) is 5.24. The van der Waals surface area contributed by atoms with E-state index < -0.39 is 11.8 Å². The number of phenols is 2. The molecule has 0 aromatic heterocycles. The first-order valence-electron chi connectivity index (χ1n) is 17.7. The zero-order valence-corrected chi connectivity index (χ0v) is 31.3. The van der Waals surface area contributed by atoms with Gasteiger partial charge in [-0.2, -0.15) is 0 Å². The number of benzene rings is 4. The first kappa shape index (κ1) is 38.0. The minimum atomic E-state index is -0.394. The SMILES string of the molecule is COc1cc(C[C@@H]2COC(=O)[C@@H]2Cc2cc(OC)c(O)c(OC)c2)ccc1-c1ccc(C[C@@H]2COC(=O)[C@@H]2Cc2cc(OC)c(O)c(OC)c2)cc1OC. The molecule has 12 nitrogen and oxygen atoms in total. The van der Waals surface area contributed by atoms with Crippen LogP contribution in [0.5, 0.6) is 46.0 Å². The lowest BCUT2D eigenvalue weighted by Crippen LogP contribution is -2.21. The van der Waals surface area contributed by atoms with Crippen molar-refractivity contribution in [3.63, 3.8) is 0 Å². The fourth-order valence-corrected chi connectivity index (χ4v) is 7.53. The van der Waals surface area contributed by atoms with Crippen LogP contribution in [0.3, 0.4) is 0 Å². The molecule has 54 heavy (non-hydrogen) atoms. The molecule has 0 unspecified atom stereocenters. The Morgan fingerprint density at radius 1 is 0.481 bits per heavy atom. The van der Waals surface area contributed by atoms with Gasteiger partial charge < -0.3 is 48.1 Å². The number of methoxy groups -OCH3 is 6. The first-order chi connectivity index (χ1) is 26.1. The van der Waals surface area contributed by atoms with E-state index in [0.717, 1.165) is 33.4 Å². The Balaban J connectivity index is 1.18. The fraction of sp³-hybridized carbons (Fsp3) is 0.381. The van der Waals surface area contributed by atoms with Gasteiger partial charge in [-0.1, -0.05) is 24.3 Å². The number of esters is 2. The molecule has 0 amide bonds. The molecule has 0 bridgehead atoms. The molecule has 2 aliphatic rings. The van der Waals surface area contributed by atoms with Gasteiger partial charge in [0.15, 0.2) is 23.0 Å². The number of aromatic hydroxyl groups is 2. The van der Waals surface area contributed by atoms with E-state index in [1.54, 1.807) is 38.5 Å². The van der Waals surface area contributed by atoms with E-state index >= 15 is 0 Å². The molecule has 0 saturated carbocycles. The first-order valence-corrected chi connectivity index (χ1v) is 17.7. The molecule has 6 rings (SSSR count). The third-order valence-corrected chi connectivity index (χ3v) is 10.4. The monoisotopic (exact) mass is 742 g/mol. The molecular weight excluding hydrogens is 696 g/mol. The van der Waals surface area contributed by atoms with Crippen LogP contribution in [0.15, 0.2) is 60.7 Å². The van der Waals surface area contributed by atoms with Crippen molar-refractivity contribution < 1.29 is 57.7 Å². The van der Waals surface area contributed by atoms with Crippen LogP contribution in [0.4, 0.5) is 0 Å². The van der Waals surface area contributed by atoms with Crippen LogP contribution in [-0.2, 0) is 44.7 Å². The Morgan fingerprint density at radius 2 is 0.796 bits per heavy atom. The number of carbonyl (C=O) groups excluding carboxylic acids is 2. The number of rotatable bonds is 15. The summed E-state index contributed by atoms with van der Waals surface area (Å²) in [5.74, 6) is 0.745. The molecule has 0 aliphatic carbocycles. The molecule has 2 heterocycles. The van der Waals surface area contributed by atoms with Crippen molar-refractivity contribution in [2.24, 2.45) is 23.7 Å². The van der Waals surface area contributed by atoms with E-state index in [0.29, 0.717) is 50.4 Å². The highest BCUT2D eigenvalue weighted by Gasteiger charge is 2.38. The van der Waals surface area contributed by atoms with Gasteiger partial charge in [0.2, 0.25) is 11.5 Å². The molecule has 0 radical (unpaired) electrons. The summed E-state index contributed by atoms with van der Waals surface area (Å²) in [7, 11) is 9.11. The Hall–Kier alpha value is -5.78. The summed E-state index contributed by atoms with van der Waals surface area (Å²) >= 11 is 0. The number of ether oxygens (including phenoxy) is 8. The Kier molecular flexibility index (Phi) is 11.6. The van der Waals surface area contributed by atoms with E-state index in [2.05, 4.69) is 0 Å². The highest BCUT2D eigenvalue weighted by atomic mass is 16.5. The maximum atomic E-state index is 12.9. The second-order valence-corrected chi connectivity index (χ2v) is 13.6. The third-order valence-electron chi connectivity index (χ3n) is 10.4. The topological polar surface area (TPSA) is 148 Å². The normalized spacial score (nSPS) is 19.2. The highest BCUT2D eigenvalue weighted by Crippen LogP contribution is 2.42. The van der Waals surface area contributed by atoms with Crippen LogP contribution in [0.1, 0.15) is 22.3 Å². The second kappa shape index (κ2) is 16.5. The van der Waals surface area contributed by atoms with Gasteiger partial charge in [-0.05, 0) is 84.3 Å². The van der Waals surface area contributed by atoms with Gasteiger partial charge in [0.1, 0.15) is 11.5 Å². The number of hydrogen-bond acceptors (Lipinski definition) is 12. The second-order valence-electron chi connectivity index (χ2n) is 13.6. The van der Waals surface area contributed by atoms with Gasteiger partial charge >= 0.3 is 11.9 Å². The van der Waals surface area contributed by atoms with E-state index in [-0.39, 0.29) is 58.3 Å². The molecule has 286 valence electrons. The van der Waals surface area contributed by atoms with Crippen molar-refractivity contribution in [3.8, 4) is 57.1 Å². The molecule has 0 spiro atoms. The minimum Gasteiger partial charge on any atom is -0.502 e. The molecule has 2 aliphatic heterocycles. The zero-order valence-electron chi connectivity index (χ0n) is 31.3. The Labute approximate surface area is 314 Å². The fourth-order valence-electron chi connectivity index (χ4n) is 7.53. The van der Waals surface area contributed by atoms with Crippen LogP contribution < -0.4 is 28.4 Å². The average Bonchev–Trinajstić information content (AvgIpc) is 3.71. The lowest BCUT2D eigenvalue weighted by atomic mass is 9.84. The van der Waals surface area contributed by atoms with Crippen molar-refractivity contribution in [2.45, 2.75) is 25.7 Å². The van der Waals surface area contributed by atoms with Crippen molar-refractivity contribution >= 4 is 11.9 Å². The predicted octanol–water partition coefficient (Wildman–Crippen LogP) is 5.97. The minimum absolute atomic E-state index is 0.0824. The van der Waals surface area contributed by atoms with E-state index in [9.17, 15) is 19.8 Å². The summed E-state index contributed by atoms with van der Waals surface area (Å²) in [5, 5.41) is 20.7. The van der Waals surface area contributed by atoms with Crippen LogP contribution in [0.2, 0.25) is 0 Å². The molecule has 2 N–H and O–H groups in total. The molecule has 2 saturated heterocycles. The highest BCUT2D eigenvalue weighted by molar-refractivity contribution is 5.78. The zero-order chi connectivity index (χ0) is 38.5. The number of carbonyl (C=O) groups is 2.